The molecular formula is C14H28MgO4. The minimum atomic E-state index is -1.68. The van der Waals surface area contributed by atoms with Crippen LogP contribution in [0.1, 0.15) is 66.2 Å². The van der Waals surface area contributed by atoms with Crippen molar-refractivity contribution in [3.63, 3.8) is 0 Å². The highest BCUT2D eigenvalue weighted by atomic mass is 24.3. The number of carboxylic acids is 2. The summed E-state index contributed by atoms with van der Waals surface area (Å²) in [6, 6.07) is 0. The molecule has 0 fully saturated rings. The van der Waals surface area contributed by atoms with Gasteiger partial charge in [0.15, 0.2) is 5.41 Å². The number of hydrogen-bond acceptors (Lipinski definition) is 2. The maximum Gasteiger partial charge on any atom is 0.321 e. The van der Waals surface area contributed by atoms with Crippen LogP contribution in [0.15, 0.2) is 0 Å². The first-order valence-corrected chi connectivity index (χ1v) is 6.67. The quantitative estimate of drug-likeness (QED) is 0.408. The average molecular weight is 285 g/mol. The second-order valence-corrected chi connectivity index (χ2v) is 5.93. The fourth-order valence-corrected chi connectivity index (χ4v) is 2.32. The lowest BCUT2D eigenvalue weighted by atomic mass is 9.64. The fourth-order valence-electron chi connectivity index (χ4n) is 2.32. The predicted molar refractivity (Wildman–Crippen MR) is 79.1 cm³/mol. The first-order valence-electron chi connectivity index (χ1n) is 6.67. The number of hydrogen-bond donors (Lipinski definition) is 2. The van der Waals surface area contributed by atoms with Gasteiger partial charge in [0.1, 0.15) is 0 Å². The molecule has 0 atom stereocenters. The van der Waals surface area contributed by atoms with Crippen LogP contribution in [0.3, 0.4) is 0 Å². The summed E-state index contributed by atoms with van der Waals surface area (Å²) in [5, 5.41) is 18.7. The van der Waals surface area contributed by atoms with E-state index in [1.807, 2.05) is 0 Å². The first-order chi connectivity index (χ1) is 8.20. The molecule has 2 N–H and O–H groups in total. The summed E-state index contributed by atoms with van der Waals surface area (Å²) in [4.78, 5) is 22.9. The molecule has 0 aliphatic carbocycles. The first kappa shape index (κ1) is 21.0. The summed E-state index contributed by atoms with van der Waals surface area (Å²) in [5.41, 5.74) is -2.48. The molecule has 4 nitrogen and oxygen atoms in total. The Morgan fingerprint density at radius 3 is 1.63 bits per heavy atom. The van der Waals surface area contributed by atoms with Gasteiger partial charge in [-0.1, -0.05) is 59.8 Å². The highest BCUT2D eigenvalue weighted by Gasteiger charge is 2.54. The van der Waals surface area contributed by atoms with E-state index < -0.39 is 22.8 Å². The summed E-state index contributed by atoms with van der Waals surface area (Å²) in [6.07, 6.45) is 5.01. The van der Waals surface area contributed by atoms with E-state index in [0.29, 0.717) is 6.42 Å². The summed E-state index contributed by atoms with van der Waals surface area (Å²) in [6.45, 7) is 7.15. The molecule has 0 bridgehead atoms. The van der Waals surface area contributed by atoms with E-state index in [9.17, 15) is 19.8 Å². The Kier molecular flexibility index (Phi) is 9.72. The molecule has 5 heteroatoms. The van der Waals surface area contributed by atoms with Crippen LogP contribution in [0.25, 0.3) is 0 Å². The zero-order valence-electron chi connectivity index (χ0n) is 12.0. The highest BCUT2D eigenvalue weighted by Crippen LogP contribution is 2.43. The van der Waals surface area contributed by atoms with Crippen LogP contribution < -0.4 is 0 Å². The Morgan fingerprint density at radius 1 is 0.895 bits per heavy atom. The third-order valence-electron chi connectivity index (χ3n) is 3.67. The van der Waals surface area contributed by atoms with Gasteiger partial charge < -0.3 is 10.2 Å². The van der Waals surface area contributed by atoms with Crippen molar-refractivity contribution in [2.75, 3.05) is 0 Å². The Labute approximate surface area is 132 Å². The topological polar surface area (TPSA) is 74.6 Å². The molecule has 0 unspecified atom stereocenters. The standard InChI is InChI=1S/C14H26O4.Mg.2H/c1-5-6-7-8-9-10-14(11(15)16,12(17)18)13(2,3)4;;;/h5-10H2,1-4H3,(H,15,16)(H,17,18);;;. The number of rotatable bonds is 8. The molecule has 0 rings (SSSR count). The van der Waals surface area contributed by atoms with Crippen molar-refractivity contribution in [2.24, 2.45) is 10.8 Å². The fraction of sp³-hybridized carbons (Fsp3) is 0.857. The molecular weight excluding hydrogens is 256 g/mol. The second kappa shape index (κ2) is 8.79. The van der Waals surface area contributed by atoms with Gasteiger partial charge in [0.2, 0.25) is 0 Å². The monoisotopic (exact) mass is 284 g/mol. The minimum Gasteiger partial charge on any atom is -0.480 e. The number of aliphatic carboxylic acids is 2. The number of unbranched alkanes of at least 4 members (excludes halogenated alkanes) is 4. The second-order valence-electron chi connectivity index (χ2n) is 5.93. The van der Waals surface area contributed by atoms with Crippen LogP contribution in [-0.4, -0.2) is 45.2 Å². The van der Waals surface area contributed by atoms with E-state index >= 15 is 0 Å². The molecule has 0 spiro atoms. The van der Waals surface area contributed by atoms with E-state index in [1.165, 1.54) is 0 Å². The minimum absolute atomic E-state index is 0. The Bertz CT molecular complexity index is 280. The van der Waals surface area contributed by atoms with Crippen molar-refractivity contribution >= 4 is 35.0 Å². The van der Waals surface area contributed by atoms with Gasteiger partial charge in [-0.15, -0.1) is 0 Å². The van der Waals surface area contributed by atoms with E-state index in [-0.39, 0.29) is 29.5 Å². The summed E-state index contributed by atoms with van der Waals surface area (Å²) in [7, 11) is 0. The highest BCUT2D eigenvalue weighted by molar-refractivity contribution is 5.99. The Balaban J connectivity index is 0. The third-order valence-corrected chi connectivity index (χ3v) is 3.67. The third kappa shape index (κ3) is 5.30. The van der Waals surface area contributed by atoms with Crippen LogP contribution in [-0.2, 0) is 9.59 Å². The van der Waals surface area contributed by atoms with Gasteiger partial charge >= 0.3 is 35.0 Å². The van der Waals surface area contributed by atoms with Gasteiger partial charge in [0.25, 0.3) is 0 Å². The van der Waals surface area contributed by atoms with Gasteiger partial charge in [0, 0.05) is 0 Å². The average Bonchev–Trinajstić information content (AvgIpc) is 2.20. The molecule has 0 heterocycles. The molecule has 0 aromatic carbocycles. The molecule has 0 aliphatic heterocycles. The van der Waals surface area contributed by atoms with E-state index in [4.69, 9.17) is 0 Å². The van der Waals surface area contributed by atoms with Crippen LogP contribution in [0.2, 0.25) is 0 Å². The predicted octanol–water partition coefficient (Wildman–Crippen LogP) is 2.63. The molecule has 0 radical (unpaired) electrons. The van der Waals surface area contributed by atoms with Gasteiger partial charge in [-0.25, -0.2) is 0 Å². The number of carbonyl (C=O) groups is 2. The zero-order valence-corrected chi connectivity index (χ0v) is 12.0. The Hall–Kier alpha value is -0.294. The molecule has 0 saturated carbocycles. The van der Waals surface area contributed by atoms with Crippen molar-refractivity contribution in [3.8, 4) is 0 Å². The maximum atomic E-state index is 11.4. The van der Waals surface area contributed by atoms with E-state index in [1.54, 1.807) is 20.8 Å². The van der Waals surface area contributed by atoms with Crippen molar-refractivity contribution in [1.29, 1.82) is 0 Å². The lowest BCUT2D eigenvalue weighted by molar-refractivity contribution is -0.174. The molecule has 0 saturated heterocycles. The lowest BCUT2D eigenvalue weighted by Crippen LogP contribution is -2.49. The van der Waals surface area contributed by atoms with Crippen molar-refractivity contribution in [1.82, 2.24) is 0 Å². The van der Waals surface area contributed by atoms with Crippen molar-refractivity contribution in [2.45, 2.75) is 66.2 Å². The summed E-state index contributed by atoms with van der Waals surface area (Å²) >= 11 is 0. The maximum absolute atomic E-state index is 11.4. The summed E-state index contributed by atoms with van der Waals surface area (Å²) < 4.78 is 0. The smallest absolute Gasteiger partial charge is 0.321 e. The molecule has 0 aromatic heterocycles. The molecule has 0 aromatic rings. The van der Waals surface area contributed by atoms with Crippen molar-refractivity contribution < 1.29 is 19.8 Å². The normalized spacial score (nSPS) is 11.8. The summed E-state index contributed by atoms with van der Waals surface area (Å²) in [5.74, 6) is -2.45. The largest absolute Gasteiger partial charge is 0.480 e. The van der Waals surface area contributed by atoms with Crippen LogP contribution in [0.5, 0.6) is 0 Å². The molecule has 110 valence electrons. The Morgan fingerprint density at radius 2 is 1.32 bits per heavy atom. The van der Waals surface area contributed by atoms with Crippen LogP contribution in [0, 0.1) is 10.8 Å². The lowest BCUT2D eigenvalue weighted by Gasteiger charge is -2.37. The SMILES string of the molecule is CCCCCCCC(C(=O)O)(C(=O)O)C(C)(C)C.[MgH2]. The molecule has 0 aliphatic rings. The number of carboxylic acid groups (broad SMARTS) is 2. The van der Waals surface area contributed by atoms with Crippen molar-refractivity contribution in [3.05, 3.63) is 0 Å². The van der Waals surface area contributed by atoms with Crippen LogP contribution >= 0.6 is 0 Å². The van der Waals surface area contributed by atoms with E-state index in [2.05, 4.69) is 6.92 Å². The van der Waals surface area contributed by atoms with Gasteiger partial charge in [0.05, 0.1) is 0 Å². The van der Waals surface area contributed by atoms with Gasteiger partial charge in [-0.2, -0.15) is 0 Å². The molecule has 0 amide bonds. The van der Waals surface area contributed by atoms with Gasteiger partial charge in [-0.05, 0) is 11.8 Å². The van der Waals surface area contributed by atoms with Gasteiger partial charge in [-0.3, -0.25) is 9.59 Å². The van der Waals surface area contributed by atoms with Crippen LogP contribution in [0.4, 0.5) is 0 Å². The molecule has 19 heavy (non-hydrogen) atoms. The van der Waals surface area contributed by atoms with E-state index in [0.717, 1.165) is 25.7 Å². The zero-order chi connectivity index (χ0) is 14.4.